The van der Waals surface area contributed by atoms with Crippen molar-refractivity contribution in [3.63, 3.8) is 0 Å². The number of hydrogen-bond acceptors (Lipinski definition) is 3. The van der Waals surface area contributed by atoms with E-state index in [9.17, 15) is 9.59 Å². The molecule has 0 aromatic heterocycles. The number of morpholine rings is 1. The lowest BCUT2D eigenvalue weighted by atomic mass is 10.1. The maximum atomic E-state index is 12.2. The van der Waals surface area contributed by atoms with Gasteiger partial charge >= 0.3 is 0 Å². The van der Waals surface area contributed by atoms with Crippen molar-refractivity contribution in [2.75, 3.05) is 19.6 Å². The fourth-order valence-corrected chi connectivity index (χ4v) is 2.71. The fourth-order valence-electron chi connectivity index (χ4n) is 2.71. The molecule has 1 aromatic rings. The SMILES string of the molecule is Cc1cccc(C(=O)NCCC(=O)N2CC(C)OC(C)C2)c1. The lowest BCUT2D eigenvalue weighted by Gasteiger charge is -2.35. The van der Waals surface area contributed by atoms with Crippen LogP contribution in [-0.4, -0.2) is 48.6 Å². The topological polar surface area (TPSA) is 58.6 Å². The molecule has 2 atom stereocenters. The fraction of sp³-hybridized carbons (Fsp3) is 0.529. The highest BCUT2D eigenvalue weighted by Crippen LogP contribution is 2.11. The van der Waals surface area contributed by atoms with E-state index in [0.29, 0.717) is 31.6 Å². The number of ether oxygens (including phenoxy) is 1. The Kier molecular flexibility index (Phi) is 5.55. The third-order valence-electron chi connectivity index (χ3n) is 3.68. The van der Waals surface area contributed by atoms with Crippen molar-refractivity contribution in [1.82, 2.24) is 10.2 Å². The van der Waals surface area contributed by atoms with Crippen molar-refractivity contribution < 1.29 is 14.3 Å². The Morgan fingerprint density at radius 2 is 1.95 bits per heavy atom. The zero-order valence-electron chi connectivity index (χ0n) is 13.5. The Hall–Kier alpha value is -1.88. The van der Waals surface area contributed by atoms with E-state index in [4.69, 9.17) is 4.74 Å². The molecule has 1 fully saturated rings. The summed E-state index contributed by atoms with van der Waals surface area (Å²) in [7, 11) is 0. The molecule has 1 N–H and O–H groups in total. The molecule has 2 rings (SSSR count). The molecule has 2 amide bonds. The van der Waals surface area contributed by atoms with Gasteiger partial charge in [-0.15, -0.1) is 0 Å². The van der Waals surface area contributed by atoms with Crippen LogP contribution in [0.1, 0.15) is 36.2 Å². The van der Waals surface area contributed by atoms with Crippen LogP contribution >= 0.6 is 0 Å². The van der Waals surface area contributed by atoms with Gasteiger partial charge in [0, 0.05) is 31.6 Å². The molecule has 2 unspecified atom stereocenters. The predicted octanol–water partition coefficient (Wildman–Crippen LogP) is 1.75. The van der Waals surface area contributed by atoms with Gasteiger partial charge in [-0.1, -0.05) is 17.7 Å². The minimum atomic E-state index is -0.139. The Bertz CT molecular complexity index is 534. The molecule has 22 heavy (non-hydrogen) atoms. The van der Waals surface area contributed by atoms with Crippen LogP contribution < -0.4 is 5.32 Å². The van der Waals surface area contributed by atoms with Gasteiger partial charge in [0.25, 0.3) is 5.91 Å². The van der Waals surface area contributed by atoms with E-state index in [1.807, 2.05) is 43.9 Å². The van der Waals surface area contributed by atoms with E-state index in [0.717, 1.165) is 5.56 Å². The van der Waals surface area contributed by atoms with Crippen molar-refractivity contribution in [2.45, 2.75) is 39.4 Å². The Labute approximate surface area is 131 Å². The average Bonchev–Trinajstić information content (AvgIpc) is 2.46. The maximum absolute atomic E-state index is 12.2. The maximum Gasteiger partial charge on any atom is 0.251 e. The van der Waals surface area contributed by atoms with Gasteiger partial charge in [0.1, 0.15) is 0 Å². The van der Waals surface area contributed by atoms with E-state index in [1.54, 1.807) is 6.07 Å². The quantitative estimate of drug-likeness (QED) is 0.922. The molecule has 5 heteroatoms. The third-order valence-corrected chi connectivity index (χ3v) is 3.68. The largest absolute Gasteiger partial charge is 0.372 e. The van der Waals surface area contributed by atoms with Gasteiger partial charge < -0.3 is 15.0 Å². The van der Waals surface area contributed by atoms with Gasteiger partial charge in [-0.25, -0.2) is 0 Å². The molecule has 1 heterocycles. The molecule has 1 saturated heterocycles. The molecule has 120 valence electrons. The van der Waals surface area contributed by atoms with E-state index < -0.39 is 0 Å². The second kappa shape index (κ2) is 7.40. The zero-order valence-corrected chi connectivity index (χ0v) is 13.5. The standard InChI is InChI=1S/C17H24N2O3/c1-12-5-4-6-15(9-12)17(21)18-8-7-16(20)19-10-13(2)22-14(3)11-19/h4-6,9,13-14H,7-8,10-11H2,1-3H3,(H,18,21). The van der Waals surface area contributed by atoms with Crippen LogP contribution in [0.15, 0.2) is 24.3 Å². The summed E-state index contributed by atoms with van der Waals surface area (Å²) in [5.74, 6) is -0.0771. The van der Waals surface area contributed by atoms with Gasteiger partial charge in [-0.2, -0.15) is 0 Å². The van der Waals surface area contributed by atoms with Gasteiger partial charge in [0.05, 0.1) is 12.2 Å². The third kappa shape index (κ3) is 4.56. The molecule has 0 saturated carbocycles. The van der Waals surface area contributed by atoms with Gasteiger partial charge in [-0.3, -0.25) is 9.59 Å². The van der Waals surface area contributed by atoms with Crippen LogP contribution in [0.2, 0.25) is 0 Å². The highest BCUT2D eigenvalue weighted by Gasteiger charge is 2.25. The summed E-state index contributed by atoms with van der Waals surface area (Å²) in [6.07, 6.45) is 0.445. The minimum Gasteiger partial charge on any atom is -0.372 e. The smallest absolute Gasteiger partial charge is 0.251 e. The van der Waals surface area contributed by atoms with Crippen LogP contribution in [0.4, 0.5) is 0 Å². The van der Waals surface area contributed by atoms with Crippen molar-refractivity contribution in [1.29, 1.82) is 0 Å². The lowest BCUT2D eigenvalue weighted by molar-refractivity contribution is -0.143. The Balaban J connectivity index is 1.78. The number of aryl methyl sites for hydroxylation is 1. The summed E-state index contributed by atoms with van der Waals surface area (Å²) in [4.78, 5) is 26.0. The van der Waals surface area contributed by atoms with E-state index in [1.165, 1.54) is 0 Å². The monoisotopic (exact) mass is 304 g/mol. The molecule has 0 radical (unpaired) electrons. The number of hydrogen-bond donors (Lipinski definition) is 1. The Morgan fingerprint density at radius 1 is 1.27 bits per heavy atom. The summed E-state index contributed by atoms with van der Waals surface area (Å²) in [6.45, 7) is 7.47. The first kappa shape index (κ1) is 16.5. The van der Waals surface area contributed by atoms with E-state index in [2.05, 4.69) is 5.32 Å². The van der Waals surface area contributed by atoms with Gasteiger partial charge in [0.2, 0.25) is 5.91 Å². The normalized spacial score (nSPS) is 21.5. The van der Waals surface area contributed by atoms with Gasteiger partial charge in [-0.05, 0) is 32.9 Å². The number of nitrogens with one attached hydrogen (secondary N) is 1. The van der Waals surface area contributed by atoms with Crippen molar-refractivity contribution >= 4 is 11.8 Å². The molecule has 1 aliphatic rings. The van der Waals surface area contributed by atoms with E-state index >= 15 is 0 Å². The predicted molar refractivity (Wildman–Crippen MR) is 84.7 cm³/mol. The van der Waals surface area contributed by atoms with Crippen molar-refractivity contribution in [3.05, 3.63) is 35.4 Å². The van der Waals surface area contributed by atoms with Crippen LogP contribution in [0.25, 0.3) is 0 Å². The highest BCUT2D eigenvalue weighted by atomic mass is 16.5. The minimum absolute atomic E-state index is 0.0616. The van der Waals surface area contributed by atoms with Gasteiger partial charge in [0.15, 0.2) is 0 Å². The molecular weight excluding hydrogens is 280 g/mol. The summed E-state index contributed by atoms with van der Waals surface area (Å²) in [5, 5.41) is 2.80. The van der Waals surface area contributed by atoms with Crippen molar-refractivity contribution in [3.8, 4) is 0 Å². The molecular formula is C17H24N2O3. The Morgan fingerprint density at radius 3 is 2.59 bits per heavy atom. The average molecular weight is 304 g/mol. The second-order valence-corrected chi connectivity index (χ2v) is 5.93. The lowest BCUT2D eigenvalue weighted by Crippen LogP contribution is -2.48. The molecule has 0 spiro atoms. The van der Waals surface area contributed by atoms with Crippen LogP contribution in [-0.2, 0) is 9.53 Å². The zero-order chi connectivity index (χ0) is 16.1. The van der Waals surface area contributed by atoms with Crippen molar-refractivity contribution in [2.24, 2.45) is 0 Å². The molecule has 1 aromatic carbocycles. The first-order chi connectivity index (χ1) is 10.5. The number of rotatable bonds is 4. The first-order valence-electron chi connectivity index (χ1n) is 7.74. The molecule has 0 aliphatic carbocycles. The van der Waals surface area contributed by atoms with E-state index in [-0.39, 0.29) is 24.0 Å². The van der Waals surface area contributed by atoms with Crippen LogP contribution in [0, 0.1) is 6.92 Å². The number of benzene rings is 1. The molecule has 5 nitrogen and oxygen atoms in total. The summed E-state index contributed by atoms with van der Waals surface area (Å²) < 4.78 is 5.61. The first-order valence-corrected chi connectivity index (χ1v) is 7.74. The summed E-state index contributed by atoms with van der Waals surface area (Å²) in [6, 6.07) is 7.41. The number of nitrogens with zero attached hydrogens (tertiary/aromatic N) is 1. The number of carbonyl (C=O) groups is 2. The number of carbonyl (C=O) groups excluding carboxylic acids is 2. The number of amides is 2. The van der Waals surface area contributed by atoms with Crippen LogP contribution in [0.5, 0.6) is 0 Å². The van der Waals surface area contributed by atoms with Crippen LogP contribution in [0.3, 0.4) is 0 Å². The highest BCUT2D eigenvalue weighted by molar-refractivity contribution is 5.94. The summed E-state index contributed by atoms with van der Waals surface area (Å²) >= 11 is 0. The molecule has 1 aliphatic heterocycles. The second-order valence-electron chi connectivity index (χ2n) is 5.93. The summed E-state index contributed by atoms with van der Waals surface area (Å²) in [5.41, 5.74) is 1.67. The molecule has 0 bridgehead atoms.